The van der Waals surface area contributed by atoms with E-state index in [0.717, 1.165) is 39.0 Å². The number of hydrogen-bond acceptors (Lipinski definition) is 7. The van der Waals surface area contributed by atoms with Gasteiger partial charge >= 0.3 is 0 Å². The van der Waals surface area contributed by atoms with E-state index in [1.807, 2.05) is 59.0 Å². The van der Waals surface area contributed by atoms with Crippen LogP contribution in [0.15, 0.2) is 35.8 Å². The molecule has 192 valence electrons. The maximum Gasteiger partial charge on any atom is 0.274 e. The van der Waals surface area contributed by atoms with Gasteiger partial charge in [0, 0.05) is 24.7 Å². The molecule has 37 heavy (non-hydrogen) atoms. The Balaban J connectivity index is 1.26. The number of ether oxygens (including phenoxy) is 1. The summed E-state index contributed by atoms with van der Waals surface area (Å²) in [5.74, 6) is 1.43. The van der Waals surface area contributed by atoms with Crippen LogP contribution in [0.5, 0.6) is 5.75 Å². The lowest BCUT2D eigenvalue weighted by Crippen LogP contribution is -2.46. The van der Waals surface area contributed by atoms with Crippen molar-refractivity contribution in [3.63, 3.8) is 0 Å². The Morgan fingerprint density at radius 3 is 2.76 bits per heavy atom. The van der Waals surface area contributed by atoms with E-state index < -0.39 is 0 Å². The molecule has 3 atom stereocenters. The van der Waals surface area contributed by atoms with Crippen LogP contribution < -0.4 is 10.1 Å². The van der Waals surface area contributed by atoms with Crippen LogP contribution in [0.2, 0.25) is 0 Å². The van der Waals surface area contributed by atoms with E-state index in [4.69, 9.17) is 4.74 Å². The minimum atomic E-state index is -0.152. The van der Waals surface area contributed by atoms with Crippen molar-refractivity contribution in [3.05, 3.63) is 57.9 Å². The third kappa shape index (κ3) is 4.21. The SMILES string of the molecule is COc1ccc(-c2sc(C)nc2C(=O)N2CC3CCC[C@@H]3C2CNC(=O)c2c(C)nc3sccn23)cc1. The highest BCUT2D eigenvalue weighted by atomic mass is 32.1. The summed E-state index contributed by atoms with van der Waals surface area (Å²) in [4.78, 5) is 40.1. The molecule has 10 heteroatoms. The number of carbonyl (C=O) groups excluding carboxylic acids is 2. The molecule has 1 aromatic carbocycles. The second kappa shape index (κ2) is 9.57. The number of nitrogens with one attached hydrogen (secondary N) is 1. The number of imidazole rings is 1. The quantitative estimate of drug-likeness (QED) is 0.383. The van der Waals surface area contributed by atoms with Gasteiger partial charge in [0.05, 0.1) is 28.7 Å². The van der Waals surface area contributed by atoms with Crippen molar-refractivity contribution in [2.24, 2.45) is 11.8 Å². The predicted molar refractivity (Wildman–Crippen MR) is 145 cm³/mol. The van der Waals surface area contributed by atoms with Gasteiger partial charge in [-0.25, -0.2) is 9.97 Å². The summed E-state index contributed by atoms with van der Waals surface area (Å²) in [6, 6.07) is 7.69. The van der Waals surface area contributed by atoms with Crippen molar-refractivity contribution in [3.8, 4) is 16.2 Å². The molecule has 2 amide bonds. The van der Waals surface area contributed by atoms with Crippen molar-refractivity contribution in [2.75, 3.05) is 20.2 Å². The fourth-order valence-electron chi connectivity index (χ4n) is 6.01. The summed E-state index contributed by atoms with van der Waals surface area (Å²) >= 11 is 3.04. The van der Waals surface area contributed by atoms with Gasteiger partial charge in [-0.2, -0.15) is 0 Å². The molecule has 4 aromatic rings. The normalized spacial score (nSPS) is 20.9. The average molecular weight is 536 g/mol. The first-order valence-electron chi connectivity index (χ1n) is 12.6. The molecule has 8 nitrogen and oxygen atoms in total. The predicted octanol–water partition coefficient (Wildman–Crippen LogP) is 4.82. The molecule has 2 unspecified atom stereocenters. The smallest absolute Gasteiger partial charge is 0.274 e. The maximum atomic E-state index is 14.0. The first-order chi connectivity index (χ1) is 17.9. The monoisotopic (exact) mass is 535 g/mol. The first-order valence-corrected chi connectivity index (χ1v) is 14.3. The van der Waals surface area contributed by atoms with Crippen LogP contribution in [0.25, 0.3) is 15.4 Å². The number of carbonyl (C=O) groups is 2. The number of thiazole rings is 2. The Kier molecular flexibility index (Phi) is 6.24. The van der Waals surface area contributed by atoms with Crippen LogP contribution in [0, 0.1) is 25.7 Å². The molecule has 4 heterocycles. The third-order valence-electron chi connectivity index (χ3n) is 7.72. The molecule has 3 aromatic heterocycles. The molecule has 0 bridgehead atoms. The van der Waals surface area contributed by atoms with Crippen molar-refractivity contribution in [1.82, 2.24) is 24.6 Å². The Morgan fingerprint density at radius 1 is 1.16 bits per heavy atom. The number of benzene rings is 1. The number of amides is 2. The Morgan fingerprint density at radius 2 is 1.97 bits per heavy atom. The molecule has 1 saturated carbocycles. The van der Waals surface area contributed by atoms with Crippen LogP contribution in [0.1, 0.15) is 50.9 Å². The number of methoxy groups -OCH3 is 1. The third-order valence-corrected chi connectivity index (χ3v) is 9.49. The summed E-state index contributed by atoms with van der Waals surface area (Å²) in [5.41, 5.74) is 2.72. The van der Waals surface area contributed by atoms with Crippen LogP contribution in [-0.4, -0.2) is 57.3 Å². The number of rotatable bonds is 6. The van der Waals surface area contributed by atoms with Crippen molar-refractivity contribution < 1.29 is 14.3 Å². The van der Waals surface area contributed by atoms with Crippen molar-refractivity contribution in [1.29, 1.82) is 0 Å². The van der Waals surface area contributed by atoms with Crippen LogP contribution in [-0.2, 0) is 0 Å². The van der Waals surface area contributed by atoms with Gasteiger partial charge in [0.1, 0.15) is 17.1 Å². The second-order valence-corrected chi connectivity index (χ2v) is 11.9. The van der Waals surface area contributed by atoms with Gasteiger partial charge in [-0.15, -0.1) is 22.7 Å². The summed E-state index contributed by atoms with van der Waals surface area (Å²) in [7, 11) is 1.64. The topological polar surface area (TPSA) is 88.8 Å². The Hall–Kier alpha value is -3.24. The summed E-state index contributed by atoms with van der Waals surface area (Å²) in [6.07, 6.45) is 5.25. The zero-order chi connectivity index (χ0) is 25.7. The van der Waals surface area contributed by atoms with E-state index in [9.17, 15) is 9.59 Å². The zero-order valence-corrected chi connectivity index (χ0v) is 22.7. The summed E-state index contributed by atoms with van der Waals surface area (Å²) in [5, 5.41) is 5.92. The molecule has 2 fully saturated rings. The molecule has 0 radical (unpaired) electrons. The van der Waals surface area contributed by atoms with E-state index in [-0.39, 0.29) is 17.9 Å². The molecule has 1 N–H and O–H groups in total. The minimum absolute atomic E-state index is 0.0513. The fraction of sp³-hybridized carbons (Fsp3) is 0.407. The highest BCUT2D eigenvalue weighted by Crippen LogP contribution is 2.43. The summed E-state index contributed by atoms with van der Waals surface area (Å²) in [6.45, 7) is 4.93. The molecule has 1 saturated heterocycles. The molecule has 1 aliphatic carbocycles. The fourth-order valence-corrected chi connectivity index (χ4v) is 7.68. The summed E-state index contributed by atoms with van der Waals surface area (Å²) < 4.78 is 7.14. The molecule has 6 rings (SSSR count). The Labute approximate surface area is 223 Å². The van der Waals surface area contributed by atoms with Crippen molar-refractivity contribution in [2.45, 2.75) is 39.2 Å². The van der Waals surface area contributed by atoms with E-state index in [1.54, 1.807) is 7.11 Å². The van der Waals surface area contributed by atoms with Crippen molar-refractivity contribution >= 4 is 39.4 Å². The van der Waals surface area contributed by atoms with E-state index in [1.165, 1.54) is 29.1 Å². The number of aromatic nitrogens is 3. The number of aryl methyl sites for hydroxylation is 2. The number of likely N-dealkylation sites (tertiary alicyclic amines) is 1. The lowest BCUT2D eigenvalue weighted by atomic mass is 9.94. The molecule has 2 aliphatic rings. The highest BCUT2D eigenvalue weighted by Gasteiger charge is 2.47. The zero-order valence-electron chi connectivity index (χ0n) is 21.1. The van der Waals surface area contributed by atoms with Crippen LogP contribution in [0.3, 0.4) is 0 Å². The number of nitrogens with zero attached hydrogens (tertiary/aromatic N) is 4. The standard InChI is InChI=1S/C27H29N5O3S2/c1-15-23(31-11-12-36-27(31)29-15)25(33)28-13-21-20-6-4-5-18(20)14-32(21)26(34)22-24(37-16(2)30-22)17-7-9-19(35-3)10-8-17/h7-12,18,20-21H,4-6,13-14H2,1-3H3,(H,28,33)/t18?,20-,21?/m0/s1. The van der Waals surface area contributed by atoms with Gasteiger partial charge in [-0.3, -0.25) is 14.0 Å². The largest absolute Gasteiger partial charge is 0.497 e. The molecular weight excluding hydrogens is 506 g/mol. The van der Waals surface area contributed by atoms with Gasteiger partial charge < -0.3 is 15.0 Å². The molecule has 0 spiro atoms. The van der Waals surface area contributed by atoms with Gasteiger partial charge in [-0.05, 0) is 68.4 Å². The van der Waals surface area contributed by atoms with Gasteiger partial charge in [0.25, 0.3) is 11.8 Å². The lowest BCUT2D eigenvalue weighted by Gasteiger charge is -2.28. The minimum Gasteiger partial charge on any atom is -0.497 e. The number of hydrogen-bond donors (Lipinski definition) is 1. The van der Waals surface area contributed by atoms with Gasteiger partial charge in [0.15, 0.2) is 4.96 Å². The van der Waals surface area contributed by atoms with E-state index in [0.29, 0.717) is 42.0 Å². The number of fused-ring (bicyclic) bond motifs is 2. The molecular formula is C27H29N5O3S2. The van der Waals surface area contributed by atoms with Gasteiger partial charge in [-0.1, -0.05) is 6.42 Å². The van der Waals surface area contributed by atoms with Gasteiger partial charge in [0.2, 0.25) is 0 Å². The van der Waals surface area contributed by atoms with Crippen LogP contribution in [0.4, 0.5) is 0 Å². The first kappa shape index (κ1) is 24.1. The Bertz CT molecular complexity index is 1470. The van der Waals surface area contributed by atoms with Crippen LogP contribution >= 0.6 is 22.7 Å². The maximum absolute atomic E-state index is 14.0. The average Bonchev–Trinajstić information content (AvgIpc) is 3.69. The van der Waals surface area contributed by atoms with E-state index in [2.05, 4.69) is 15.3 Å². The molecule has 1 aliphatic heterocycles. The second-order valence-electron chi connectivity index (χ2n) is 9.83. The van der Waals surface area contributed by atoms with E-state index >= 15 is 0 Å². The highest BCUT2D eigenvalue weighted by molar-refractivity contribution is 7.15. The lowest BCUT2D eigenvalue weighted by molar-refractivity contribution is 0.0696.